The highest BCUT2D eigenvalue weighted by Crippen LogP contribution is 2.38. The monoisotopic (exact) mass is 650 g/mol. The summed E-state index contributed by atoms with van der Waals surface area (Å²) in [5.74, 6) is -0.0116. The number of carbonyl (C=O) groups excluding carboxylic acids is 1. The molecule has 2 aromatic carbocycles. The summed E-state index contributed by atoms with van der Waals surface area (Å²) in [6.45, 7) is 3.91. The zero-order valence-electron chi connectivity index (χ0n) is 23.1. The molecule has 0 radical (unpaired) electrons. The van der Waals surface area contributed by atoms with E-state index >= 15 is 0 Å². The van der Waals surface area contributed by atoms with Crippen LogP contribution in [-0.2, 0) is 9.53 Å². The second-order valence-corrected chi connectivity index (χ2v) is 11.3. The Bertz CT molecular complexity index is 1890. The van der Waals surface area contributed by atoms with Gasteiger partial charge in [-0.2, -0.15) is 0 Å². The van der Waals surface area contributed by atoms with E-state index in [1.165, 1.54) is 28.0 Å². The second-order valence-electron chi connectivity index (χ2n) is 9.38. The molecule has 0 fully saturated rings. The molecule has 0 aliphatic carbocycles. The number of thiazole rings is 1. The number of hydrogen-bond acceptors (Lipinski definition) is 8. The third kappa shape index (κ3) is 5.47. The van der Waals surface area contributed by atoms with Crippen LogP contribution in [0.3, 0.4) is 0 Å². The molecule has 0 amide bonds. The van der Waals surface area contributed by atoms with E-state index in [-0.39, 0.29) is 17.9 Å². The molecule has 4 aromatic rings. The molecule has 12 heteroatoms. The number of esters is 1. The van der Waals surface area contributed by atoms with Crippen LogP contribution in [0, 0.1) is 10.1 Å². The number of hydrogen-bond donors (Lipinski definition) is 0. The predicted molar refractivity (Wildman–Crippen MR) is 163 cm³/mol. The van der Waals surface area contributed by atoms with E-state index in [0.717, 1.165) is 10.9 Å². The lowest BCUT2D eigenvalue weighted by Crippen LogP contribution is -2.40. The second kappa shape index (κ2) is 12.3. The Kier molecular flexibility index (Phi) is 8.55. The number of methoxy groups -OCH3 is 1. The third-order valence-electron chi connectivity index (χ3n) is 6.78. The molecule has 2 aromatic heterocycles. The van der Waals surface area contributed by atoms with Gasteiger partial charge in [0, 0.05) is 39.7 Å². The van der Waals surface area contributed by atoms with Gasteiger partial charge in [-0.3, -0.25) is 19.5 Å². The highest BCUT2D eigenvalue weighted by atomic mass is 79.9. The molecule has 0 spiro atoms. The largest absolute Gasteiger partial charge is 0.496 e. The number of nitro benzene ring substituents is 1. The molecule has 0 bridgehead atoms. The first-order valence-corrected chi connectivity index (χ1v) is 14.9. The molecule has 1 aliphatic rings. The van der Waals surface area contributed by atoms with Crippen molar-refractivity contribution < 1.29 is 19.2 Å². The Hall–Kier alpha value is -4.29. The van der Waals surface area contributed by atoms with E-state index in [4.69, 9.17) is 14.5 Å². The fourth-order valence-electron chi connectivity index (χ4n) is 4.95. The molecule has 1 aliphatic heterocycles. The van der Waals surface area contributed by atoms with Crippen molar-refractivity contribution in [3.05, 3.63) is 118 Å². The number of carbonyl (C=O) groups is 1. The van der Waals surface area contributed by atoms with E-state index in [1.807, 2.05) is 42.0 Å². The first-order valence-electron chi connectivity index (χ1n) is 13.2. The van der Waals surface area contributed by atoms with Gasteiger partial charge < -0.3 is 14.0 Å². The van der Waals surface area contributed by atoms with Gasteiger partial charge in [0.05, 0.1) is 34.4 Å². The lowest BCUT2D eigenvalue weighted by atomic mass is 9.93. The summed E-state index contributed by atoms with van der Waals surface area (Å²) in [7, 11) is 1.55. The van der Waals surface area contributed by atoms with E-state index < -0.39 is 16.9 Å². The molecule has 5 rings (SSSR count). The molecular formula is C30H27BrN4O6S. The van der Waals surface area contributed by atoms with Crippen molar-refractivity contribution in [1.82, 2.24) is 9.13 Å². The Balaban J connectivity index is 1.73. The van der Waals surface area contributed by atoms with E-state index in [1.54, 1.807) is 38.3 Å². The van der Waals surface area contributed by atoms with Crippen molar-refractivity contribution in [1.29, 1.82) is 0 Å². The van der Waals surface area contributed by atoms with Crippen LogP contribution in [0.2, 0.25) is 0 Å². The van der Waals surface area contributed by atoms with Gasteiger partial charge in [-0.05, 0) is 61.9 Å². The van der Waals surface area contributed by atoms with Crippen molar-refractivity contribution in [2.24, 2.45) is 4.99 Å². The number of nitro groups is 1. The average molecular weight is 652 g/mol. The maximum atomic E-state index is 14.1. The van der Waals surface area contributed by atoms with Crippen molar-refractivity contribution in [2.75, 3.05) is 13.7 Å². The zero-order chi connectivity index (χ0) is 30.0. The standard InChI is InChI=1S/C30H27BrN4O6S/c1-4-7-23-26(29(37)41-5-2)27(22-16-18(31)9-14-24(22)40-3)34-28(36)25(42-30(34)32-23)17-21-8-6-15-33(21)19-10-12-20(13-11-19)35(38)39/h6,8-17,27H,4-5,7H2,1-3H3/b25-17+/t27-/m1/s1. The molecule has 0 saturated carbocycles. The van der Waals surface area contributed by atoms with Crippen LogP contribution in [0.25, 0.3) is 11.8 Å². The average Bonchev–Trinajstić information content (AvgIpc) is 3.56. The van der Waals surface area contributed by atoms with Gasteiger partial charge in [-0.15, -0.1) is 0 Å². The SMILES string of the molecule is CCCC1=C(C(=O)OCC)[C@@H](c2cc(Br)ccc2OC)n2c(s/c(=C/c3cccn3-c3ccc([N+](=O)[O-])cc3)c2=O)=N1. The van der Waals surface area contributed by atoms with Gasteiger partial charge in [0.15, 0.2) is 4.80 Å². The molecule has 216 valence electrons. The Morgan fingerprint density at radius 1 is 1.19 bits per heavy atom. The number of allylic oxidation sites excluding steroid dienone is 1. The van der Waals surface area contributed by atoms with Crippen LogP contribution in [-0.4, -0.2) is 33.7 Å². The van der Waals surface area contributed by atoms with Crippen LogP contribution in [0.1, 0.15) is 44.0 Å². The predicted octanol–water partition coefficient (Wildman–Crippen LogP) is 5.05. The number of ether oxygens (including phenoxy) is 2. The van der Waals surface area contributed by atoms with Crippen molar-refractivity contribution in [3.8, 4) is 11.4 Å². The Morgan fingerprint density at radius 2 is 1.95 bits per heavy atom. The van der Waals surface area contributed by atoms with Gasteiger partial charge in [0.25, 0.3) is 11.2 Å². The van der Waals surface area contributed by atoms with Crippen LogP contribution >= 0.6 is 27.3 Å². The topological polar surface area (TPSA) is 118 Å². The minimum atomic E-state index is -0.821. The van der Waals surface area contributed by atoms with Gasteiger partial charge in [0.2, 0.25) is 0 Å². The first kappa shape index (κ1) is 29.2. The molecule has 0 unspecified atom stereocenters. The summed E-state index contributed by atoms with van der Waals surface area (Å²) >= 11 is 4.76. The fraction of sp³-hybridized carbons (Fsp3) is 0.233. The summed E-state index contributed by atoms with van der Waals surface area (Å²) in [4.78, 5) is 43.5. The van der Waals surface area contributed by atoms with Crippen molar-refractivity contribution in [2.45, 2.75) is 32.7 Å². The molecule has 42 heavy (non-hydrogen) atoms. The summed E-state index contributed by atoms with van der Waals surface area (Å²) in [5.41, 5.74) is 2.58. The lowest BCUT2D eigenvalue weighted by molar-refractivity contribution is -0.384. The van der Waals surface area contributed by atoms with Gasteiger partial charge in [0.1, 0.15) is 11.8 Å². The highest BCUT2D eigenvalue weighted by Gasteiger charge is 2.36. The van der Waals surface area contributed by atoms with Gasteiger partial charge in [-0.1, -0.05) is 40.6 Å². The first-order chi connectivity index (χ1) is 20.3. The lowest BCUT2D eigenvalue weighted by Gasteiger charge is -2.27. The summed E-state index contributed by atoms with van der Waals surface area (Å²) in [6.07, 6.45) is 4.84. The van der Waals surface area contributed by atoms with Crippen LogP contribution in [0.15, 0.2) is 86.3 Å². The molecule has 0 saturated heterocycles. The number of benzene rings is 2. The van der Waals surface area contributed by atoms with Crippen LogP contribution < -0.4 is 19.6 Å². The highest BCUT2D eigenvalue weighted by molar-refractivity contribution is 9.10. The van der Waals surface area contributed by atoms with E-state index in [2.05, 4.69) is 15.9 Å². The number of rotatable bonds is 9. The van der Waals surface area contributed by atoms with E-state index in [0.29, 0.717) is 49.7 Å². The number of halogens is 1. The van der Waals surface area contributed by atoms with E-state index in [9.17, 15) is 19.7 Å². The zero-order valence-corrected chi connectivity index (χ0v) is 25.5. The molecular weight excluding hydrogens is 624 g/mol. The number of aromatic nitrogens is 2. The maximum absolute atomic E-state index is 14.1. The molecule has 3 heterocycles. The normalized spacial score (nSPS) is 14.9. The Morgan fingerprint density at radius 3 is 2.62 bits per heavy atom. The summed E-state index contributed by atoms with van der Waals surface area (Å²) in [6, 6.07) is 14.5. The van der Waals surface area contributed by atoms with Gasteiger partial charge in [-0.25, -0.2) is 9.79 Å². The summed E-state index contributed by atoms with van der Waals surface area (Å²) in [5, 5.41) is 11.1. The summed E-state index contributed by atoms with van der Waals surface area (Å²) < 4.78 is 15.7. The van der Waals surface area contributed by atoms with Crippen molar-refractivity contribution >= 4 is 45.0 Å². The smallest absolute Gasteiger partial charge is 0.338 e. The maximum Gasteiger partial charge on any atom is 0.338 e. The van der Waals surface area contributed by atoms with Gasteiger partial charge >= 0.3 is 5.97 Å². The number of fused-ring (bicyclic) bond motifs is 1. The molecule has 10 nitrogen and oxygen atoms in total. The number of nitrogens with zero attached hydrogens (tertiary/aromatic N) is 4. The van der Waals surface area contributed by atoms with Crippen molar-refractivity contribution in [3.63, 3.8) is 0 Å². The van der Waals surface area contributed by atoms with Crippen LogP contribution in [0.4, 0.5) is 5.69 Å². The molecule has 1 atom stereocenters. The molecule has 0 N–H and O–H groups in total. The minimum Gasteiger partial charge on any atom is -0.496 e. The third-order valence-corrected chi connectivity index (χ3v) is 8.25. The fourth-order valence-corrected chi connectivity index (χ4v) is 6.33. The minimum absolute atomic E-state index is 0.0102. The Labute approximate surface area is 253 Å². The quantitative estimate of drug-likeness (QED) is 0.142. The van der Waals surface area contributed by atoms with Crippen LogP contribution in [0.5, 0.6) is 5.75 Å². The number of non-ortho nitro benzene ring substituents is 1.